The van der Waals surface area contributed by atoms with Crippen molar-refractivity contribution in [2.24, 2.45) is 5.92 Å². The first-order valence-electron chi connectivity index (χ1n) is 11.1. The maximum absolute atomic E-state index is 14.2. The summed E-state index contributed by atoms with van der Waals surface area (Å²) in [7, 11) is 1.64. The molecule has 9 nitrogen and oxygen atoms in total. The number of carbonyl (C=O) groups excluding carboxylic acids is 2. The molecular formula is C23H26FN7O2. The van der Waals surface area contributed by atoms with Crippen molar-refractivity contribution in [3.05, 3.63) is 41.5 Å². The maximum atomic E-state index is 14.2. The summed E-state index contributed by atoms with van der Waals surface area (Å²) >= 11 is 0. The lowest BCUT2D eigenvalue weighted by atomic mass is 9.85. The van der Waals surface area contributed by atoms with Gasteiger partial charge in [0.05, 0.1) is 16.8 Å². The van der Waals surface area contributed by atoms with Crippen LogP contribution in [0.1, 0.15) is 54.4 Å². The van der Waals surface area contributed by atoms with Gasteiger partial charge in [0, 0.05) is 43.5 Å². The molecular weight excluding hydrogens is 425 g/mol. The number of aromatic nitrogens is 2. The van der Waals surface area contributed by atoms with E-state index in [2.05, 4.69) is 31.2 Å². The van der Waals surface area contributed by atoms with E-state index in [0.29, 0.717) is 23.1 Å². The molecule has 4 N–H and O–H groups in total. The smallest absolute Gasteiger partial charge is 0.255 e. The molecule has 0 radical (unpaired) electrons. The van der Waals surface area contributed by atoms with Gasteiger partial charge in [-0.1, -0.05) is 0 Å². The van der Waals surface area contributed by atoms with Crippen molar-refractivity contribution in [1.82, 2.24) is 20.6 Å². The number of nitrogens with one attached hydrogen (secondary N) is 4. The Morgan fingerprint density at radius 1 is 1.06 bits per heavy atom. The summed E-state index contributed by atoms with van der Waals surface area (Å²) in [5.74, 6) is -0.569. The zero-order valence-electron chi connectivity index (χ0n) is 18.3. The first-order valence-corrected chi connectivity index (χ1v) is 11.1. The van der Waals surface area contributed by atoms with E-state index in [0.717, 1.165) is 44.6 Å². The highest BCUT2D eigenvalue weighted by Gasteiger charge is 2.28. The zero-order valence-corrected chi connectivity index (χ0v) is 18.3. The van der Waals surface area contributed by atoms with E-state index < -0.39 is 5.82 Å². The number of amides is 2. The van der Waals surface area contributed by atoms with E-state index in [9.17, 15) is 14.0 Å². The Kier molecular flexibility index (Phi) is 6.68. The summed E-state index contributed by atoms with van der Waals surface area (Å²) < 4.78 is 14.2. The van der Waals surface area contributed by atoms with Crippen molar-refractivity contribution < 1.29 is 14.0 Å². The van der Waals surface area contributed by atoms with Gasteiger partial charge in [-0.3, -0.25) is 9.59 Å². The van der Waals surface area contributed by atoms with Gasteiger partial charge < -0.3 is 21.3 Å². The highest BCUT2D eigenvalue weighted by atomic mass is 19.1. The Morgan fingerprint density at radius 2 is 1.79 bits per heavy atom. The predicted octanol–water partition coefficient (Wildman–Crippen LogP) is 2.84. The molecule has 2 aromatic rings. The van der Waals surface area contributed by atoms with Crippen LogP contribution >= 0.6 is 0 Å². The molecule has 33 heavy (non-hydrogen) atoms. The Balaban J connectivity index is 1.46. The molecule has 0 aliphatic heterocycles. The first-order chi connectivity index (χ1) is 16.0. The summed E-state index contributed by atoms with van der Waals surface area (Å²) in [4.78, 5) is 33.0. The number of hydrogen-bond donors (Lipinski definition) is 4. The molecule has 172 valence electrons. The van der Waals surface area contributed by atoms with Crippen molar-refractivity contribution in [2.75, 3.05) is 17.7 Å². The van der Waals surface area contributed by atoms with E-state index in [1.54, 1.807) is 13.1 Å². The van der Waals surface area contributed by atoms with Crippen molar-refractivity contribution in [3.63, 3.8) is 0 Å². The van der Waals surface area contributed by atoms with Gasteiger partial charge in [-0.15, -0.1) is 0 Å². The molecule has 10 heteroatoms. The molecule has 2 aliphatic rings. The Labute approximate surface area is 191 Å². The lowest BCUT2D eigenvalue weighted by Gasteiger charge is -2.28. The Morgan fingerprint density at radius 3 is 2.42 bits per heavy atom. The van der Waals surface area contributed by atoms with Crippen LogP contribution in [0.5, 0.6) is 0 Å². The lowest BCUT2D eigenvalue weighted by molar-refractivity contribution is -0.125. The number of pyridine rings is 2. The molecule has 0 saturated heterocycles. The average molecular weight is 452 g/mol. The van der Waals surface area contributed by atoms with Gasteiger partial charge in [-0.2, -0.15) is 5.26 Å². The van der Waals surface area contributed by atoms with Gasteiger partial charge in [0.1, 0.15) is 11.9 Å². The van der Waals surface area contributed by atoms with Crippen LogP contribution in [0.15, 0.2) is 24.5 Å². The van der Waals surface area contributed by atoms with E-state index in [1.807, 2.05) is 6.07 Å². The number of anilines is 3. The summed E-state index contributed by atoms with van der Waals surface area (Å²) in [6.45, 7) is 0. The predicted molar refractivity (Wildman–Crippen MR) is 120 cm³/mol. The van der Waals surface area contributed by atoms with Crippen LogP contribution in [0, 0.1) is 23.1 Å². The highest BCUT2D eigenvalue weighted by Crippen LogP contribution is 2.30. The highest BCUT2D eigenvalue weighted by molar-refractivity contribution is 6.00. The molecule has 2 fully saturated rings. The molecule has 0 spiro atoms. The fourth-order valence-electron chi connectivity index (χ4n) is 3.95. The number of halogens is 1. The second-order valence-corrected chi connectivity index (χ2v) is 8.46. The zero-order chi connectivity index (χ0) is 23.4. The second-order valence-electron chi connectivity index (χ2n) is 8.46. The second kappa shape index (κ2) is 9.81. The van der Waals surface area contributed by atoms with Gasteiger partial charge in [-0.25, -0.2) is 14.4 Å². The summed E-state index contributed by atoms with van der Waals surface area (Å²) in [6, 6.07) is 4.89. The monoisotopic (exact) mass is 451 g/mol. The minimum absolute atomic E-state index is 0.00139. The molecule has 2 amide bonds. The summed E-state index contributed by atoms with van der Waals surface area (Å²) in [6.07, 6.45) is 7.72. The van der Waals surface area contributed by atoms with Crippen LogP contribution < -0.4 is 21.3 Å². The van der Waals surface area contributed by atoms with Crippen LogP contribution in [-0.2, 0) is 4.79 Å². The molecule has 0 unspecified atom stereocenters. The molecule has 2 aliphatic carbocycles. The van der Waals surface area contributed by atoms with Crippen LogP contribution in [-0.4, -0.2) is 40.9 Å². The summed E-state index contributed by atoms with van der Waals surface area (Å²) in [5, 5.41) is 20.8. The first kappa shape index (κ1) is 22.5. The van der Waals surface area contributed by atoms with Crippen molar-refractivity contribution in [2.45, 2.75) is 50.6 Å². The van der Waals surface area contributed by atoms with Crippen LogP contribution in [0.3, 0.4) is 0 Å². The molecule has 0 aromatic carbocycles. The minimum atomic E-state index is -0.665. The summed E-state index contributed by atoms with van der Waals surface area (Å²) in [5.41, 5.74) is 1.15. The quantitative estimate of drug-likeness (QED) is 0.509. The van der Waals surface area contributed by atoms with Gasteiger partial charge in [0.25, 0.3) is 5.91 Å². The van der Waals surface area contributed by atoms with Crippen molar-refractivity contribution in [3.8, 4) is 6.07 Å². The standard InChI is InChI=1S/C23H26FN7O2/c1-26-22(32)14-2-4-16(5-3-14)30-23(33)17-12-27-20(9-19(17)29-15-6-7-15)31-21-18(24)8-13(10-25)11-28-21/h8-9,11-12,14-16H,2-7H2,1H3,(H,26,32)(H,30,33)(H2,27,28,29,31). The fourth-order valence-corrected chi connectivity index (χ4v) is 3.95. The van der Waals surface area contributed by atoms with Crippen LogP contribution in [0.2, 0.25) is 0 Å². The number of carbonyl (C=O) groups is 2. The molecule has 0 atom stereocenters. The Hall–Kier alpha value is -3.74. The average Bonchev–Trinajstić information content (AvgIpc) is 3.64. The van der Waals surface area contributed by atoms with Gasteiger partial charge in [0.15, 0.2) is 11.6 Å². The molecule has 2 saturated carbocycles. The van der Waals surface area contributed by atoms with E-state index in [-0.39, 0.29) is 35.2 Å². The SMILES string of the molecule is CNC(=O)C1CCC(NC(=O)c2cnc(Nc3ncc(C#N)cc3F)cc2NC2CC2)CC1. The normalized spacial score (nSPS) is 19.8. The molecule has 0 bridgehead atoms. The fraction of sp³-hybridized carbons (Fsp3) is 0.435. The Bertz CT molecular complexity index is 1090. The topological polar surface area (TPSA) is 132 Å². The van der Waals surface area contributed by atoms with E-state index >= 15 is 0 Å². The third-order valence-corrected chi connectivity index (χ3v) is 5.98. The molecule has 2 heterocycles. The van der Waals surface area contributed by atoms with Crippen molar-refractivity contribution >= 4 is 29.1 Å². The van der Waals surface area contributed by atoms with Crippen molar-refractivity contribution in [1.29, 1.82) is 5.26 Å². The third kappa shape index (κ3) is 5.55. The third-order valence-electron chi connectivity index (χ3n) is 5.98. The maximum Gasteiger partial charge on any atom is 0.255 e. The van der Waals surface area contributed by atoms with Crippen LogP contribution in [0.25, 0.3) is 0 Å². The van der Waals surface area contributed by atoms with E-state index in [4.69, 9.17) is 5.26 Å². The van der Waals surface area contributed by atoms with Gasteiger partial charge in [0.2, 0.25) is 5.91 Å². The number of hydrogen-bond acceptors (Lipinski definition) is 7. The minimum Gasteiger partial charge on any atom is -0.382 e. The van der Waals surface area contributed by atoms with Gasteiger partial charge >= 0.3 is 0 Å². The largest absolute Gasteiger partial charge is 0.382 e. The molecule has 2 aromatic heterocycles. The van der Waals surface area contributed by atoms with Crippen LogP contribution in [0.4, 0.5) is 21.7 Å². The number of rotatable bonds is 7. The lowest BCUT2D eigenvalue weighted by Crippen LogP contribution is -2.40. The number of nitriles is 1. The molecule has 4 rings (SSSR count). The van der Waals surface area contributed by atoms with E-state index in [1.165, 1.54) is 12.4 Å². The number of nitrogens with zero attached hydrogens (tertiary/aromatic N) is 3. The van der Waals surface area contributed by atoms with Gasteiger partial charge in [-0.05, 0) is 44.6 Å².